The number of carbonyl (C=O) groups is 1. The van der Waals surface area contributed by atoms with Crippen molar-refractivity contribution in [3.63, 3.8) is 0 Å². The molecule has 1 aliphatic rings. The molecule has 1 heterocycles. The minimum absolute atomic E-state index is 0.491. The minimum atomic E-state index is -0.590. The Bertz CT molecular complexity index is 443. The topological polar surface area (TPSA) is 50.2 Å². The van der Waals surface area contributed by atoms with Gasteiger partial charge in [0.05, 0.1) is 16.6 Å². The summed E-state index contributed by atoms with van der Waals surface area (Å²) in [6, 6.07) is 0. The van der Waals surface area contributed by atoms with E-state index in [0.717, 1.165) is 44.2 Å². The zero-order valence-corrected chi connectivity index (χ0v) is 12.6. The van der Waals surface area contributed by atoms with E-state index in [4.69, 9.17) is 0 Å². The lowest BCUT2D eigenvalue weighted by molar-refractivity contribution is -0.152. The fourth-order valence-corrected chi connectivity index (χ4v) is 4.06. The number of hydrogen-bond acceptors (Lipinski definition) is 3. The lowest BCUT2D eigenvalue weighted by atomic mass is 9.66. The Morgan fingerprint density at radius 3 is 3.00 bits per heavy atom. The van der Waals surface area contributed by atoms with E-state index in [1.54, 1.807) is 11.3 Å². The monoisotopic (exact) mass is 281 g/mol. The van der Waals surface area contributed by atoms with Gasteiger partial charge in [0.25, 0.3) is 0 Å². The molecule has 0 radical (unpaired) electrons. The maximum atomic E-state index is 11.8. The number of hydrogen-bond donors (Lipinski definition) is 1. The maximum Gasteiger partial charge on any atom is 0.309 e. The molecule has 3 nitrogen and oxygen atoms in total. The van der Waals surface area contributed by atoms with Gasteiger partial charge in [0.1, 0.15) is 0 Å². The normalized spacial score (nSPS) is 27.4. The van der Waals surface area contributed by atoms with Gasteiger partial charge in [0.2, 0.25) is 0 Å². The zero-order chi connectivity index (χ0) is 13.9. The molecule has 1 aromatic rings. The van der Waals surface area contributed by atoms with Crippen LogP contribution in [0.5, 0.6) is 0 Å². The van der Waals surface area contributed by atoms with Gasteiger partial charge >= 0.3 is 5.97 Å². The SMILES string of the molecule is CCC1CCCC(CCc2scnc2C)(C(=O)O)C1. The fraction of sp³-hybridized carbons (Fsp3) is 0.733. The molecule has 2 atom stereocenters. The molecule has 1 aliphatic carbocycles. The number of carboxylic acid groups (broad SMARTS) is 1. The Morgan fingerprint density at radius 2 is 2.42 bits per heavy atom. The van der Waals surface area contributed by atoms with E-state index in [2.05, 4.69) is 11.9 Å². The van der Waals surface area contributed by atoms with Crippen molar-refractivity contribution in [2.45, 2.75) is 58.8 Å². The first kappa shape index (κ1) is 14.5. The van der Waals surface area contributed by atoms with Crippen LogP contribution in [0.3, 0.4) is 0 Å². The average Bonchev–Trinajstić information content (AvgIpc) is 2.82. The second kappa shape index (κ2) is 6.04. The molecule has 1 aromatic heterocycles. The average molecular weight is 281 g/mol. The van der Waals surface area contributed by atoms with Crippen molar-refractivity contribution in [3.05, 3.63) is 16.1 Å². The number of aliphatic carboxylic acids is 1. The Labute approximate surface area is 119 Å². The molecule has 4 heteroatoms. The molecular formula is C15H23NO2S. The summed E-state index contributed by atoms with van der Waals surface area (Å²) >= 11 is 1.65. The number of aromatic nitrogens is 1. The van der Waals surface area contributed by atoms with Gasteiger partial charge in [0, 0.05) is 4.88 Å². The molecule has 0 aromatic carbocycles. The summed E-state index contributed by atoms with van der Waals surface area (Å²) in [5.41, 5.74) is 2.43. The predicted octanol–water partition coefficient (Wildman–Crippen LogP) is 4.06. The van der Waals surface area contributed by atoms with Crippen LogP contribution in [-0.2, 0) is 11.2 Å². The smallest absolute Gasteiger partial charge is 0.309 e. The van der Waals surface area contributed by atoms with E-state index in [0.29, 0.717) is 5.92 Å². The summed E-state index contributed by atoms with van der Waals surface area (Å²) in [7, 11) is 0. The van der Waals surface area contributed by atoms with E-state index in [9.17, 15) is 9.90 Å². The Morgan fingerprint density at radius 1 is 1.63 bits per heavy atom. The summed E-state index contributed by atoms with van der Waals surface area (Å²) in [4.78, 5) is 17.3. The van der Waals surface area contributed by atoms with Crippen LogP contribution in [0.15, 0.2) is 5.51 Å². The van der Waals surface area contributed by atoms with Crippen LogP contribution >= 0.6 is 11.3 Å². The second-order valence-corrected chi connectivity index (χ2v) is 6.76. The maximum absolute atomic E-state index is 11.8. The Hall–Kier alpha value is -0.900. The van der Waals surface area contributed by atoms with Crippen molar-refractivity contribution >= 4 is 17.3 Å². The molecule has 1 fully saturated rings. The highest BCUT2D eigenvalue weighted by Gasteiger charge is 2.42. The van der Waals surface area contributed by atoms with Crippen LogP contribution in [0, 0.1) is 18.3 Å². The molecule has 0 aliphatic heterocycles. The van der Waals surface area contributed by atoms with Gasteiger partial charge in [-0.15, -0.1) is 11.3 Å². The van der Waals surface area contributed by atoms with E-state index in [1.807, 2.05) is 12.4 Å². The Kier molecular flexibility index (Phi) is 4.61. The fourth-order valence-electron chi connectivity index (χ4n) is 3.28. The number of nitrogens with zero attached hydrogens (tertiary/aromatic N) is 1. The second-order valence-electron chi connectivity index (χ2n) is 5.82. The lowest BCUT2D eigenvalue weighted by Crippen LogP contribution is -2.36. The first-order valence-corrected chi connectivity index (χ1v) is 8.08. The molecule has 1 N–H and O–H groups in total. The lowest BCUT2D eigenvalue weighted by Gasteiger charge is -2.37. The van der Waals surface area contributed by atoms with Crippen LogP contribution in [-0.4, -0.2) is 16.1 Å². The van der Waals surface area contributed by atoms with Gasteiger partial charge in [-0.05, 0) is 38.5 Å². The van der Waals surface area contributed by atoms with Gasteiger partial charge in [-0.1, -0.05) is 26.2 Å². The standard InChI is InChI=1S/C15H23NO2S/c1-3-12-5-4-7-15(9-12,14(17)18)8-6-13-11(2)16-10-19-13/h10,12H,3-9H2,1-2H3,(H,17,18). The quantitative estimate of drug-likeness (QED) is 0.885. The van der Waals surface area contributed by atoms with Crippen LogP contribution in [0.1, 0.15) is 56.0 Å². The van der Waals surface area contributed by atoms with Crippen molar-refractivity contribution in [2.24, 2.45) is 11.3 Å². The molecule has 0 spiro atoms. The van der Waals surface area contributed by atoms with E-state index < -0.39 is 11.4 Å². The Balaban J connectivity index is 2.07. The summed E-state index contributed by atoms with van der Waals surface area (Å²) in [6.07, 6.45) is 6.70. The molecule has 1 saturated carbocycles. The summed E-state index contributed by atoms with van der Waals surface area (Å²) in [5, 5.41) is 9.69. The minimum Gasteiger partial charge on any atom is -0.481 e. The van der Waals surface area contributed by atoms with Crippen LogP contribution in [0.2, 0.25) is 0 Å². The highest BCUT2D eigenvalue weighted by atomic mass is 32.1. The summed E-state index contributed by atoms with van der Waals surface area (Å²) in [5.74, 6) is 0.000209. The summed E-state index contributed by atoms with van der Waals surface area (Å²) in [6.45, 7) is 4.19. The number of carboxylic acids is 1. The van der Waals surface area contributed by atoms with E-state index in [1.165, 1.54) is 11.3 Å². The van der Waals surface area contributed by atoms with Crippen LogP contribution < -0.4 is 0 Å². The van der Waals surface area contributed by atoms with Crippen molar-refractivity contribution in [1.82, 2.24) is 4.98 Å². The number of aryl methyl sites for hydroxylation is 2. The molecule has 0 saturated heterocycles. The summed E-state index contributed by atoms with van der Waals surface area (Å²) < 4.78 is 0. The van der Waals surface area contributed by atoms with Gasteiger partial charge in [-0.2, -0.15) is 0 Å². The zero-order valence-electron chi connectivity index (χ0n) is 11.8. The highest BCUT2D eigenvalue weighted by molar-refractivity contribution is 7.09. The third kappa shape index (κ3) is 3.16. The third-order valence-corrected chi connectivity index (χ3v) is 5.65. The van der Waals surface area contributed by atoms with Gasteiger partial charge < -0.3 is 5.11 Å². The van der Waals surface area contributed by atoms with Crippen molar-refractivity contribution < 1.29 is 9.90 Å². The van der Waals surface area contributed by atoms with Crippen molar-refractivity contribution in [3.8, 4) is 0 Å². The van der Waals surface area contributed by atoms with Crippen molar-refractivity contribution in [2.75, 3.05) is 0 Å². The molecule has 2 rings (SSSR count). The van der Waals surface area contributed by atoms with Crippen LogP contribution in [0.25, 0.3) is 0 Å². The highest BCUT2D eigenvalue weighted by Crippen LogP contribution is 2.44. The largest absolute Gasteiger partial charge is 0.481 e. The van der Waals surface area contributed by atoms with E-state index >= 15 is 0 Å². The van der Waals surface area contributed by atoms with Gasteiger partial charge in [-0.25, -0.2) is 4.98 Å². The molecule has 19 heavy (non-hydrogen) atoms. The van der Waals surface area contributed by atoms with E-state index in [-0.39, 0.29) is 0 Å². The van der Waals surface area contributed by atoms with Crippen molar-refractivity contribution in [1.29, 1.82) is 0 Å². The molecular weight excluding hydrogens is 258 g/mol. The molecule has 2 unspecified atom stereocenters. The van der Waals surface area contributed by atoms with Crippen LogP contribution in [0.4, 0.5) is 0 Å². The first-order valence-electron chi connectivity index (χ1n) is 7.20. The van der Waals surface area contributed by atoms with Gasteiger partial charge in [0.15, 0.2) is 0 Å². The first-order chi connectivity index (χ1) is 9.07. The third-order valence-electron chi connectivity index (χ3n) is 4.65. The van der Waals surface area contributed by atoms with Gasteiger partial charge in [-0.3, -0.25) is 4.79 Å². The molecule has 106 valence electrons. The molecule has 0 amide bonds. The predicted molar refractivity (Wildman–Crippen MR) is 77.5 cm³/mol. The number of rotatable bonds is 5. The number of thiazole rings is 1. The molecule has 0 bridgehead atoms.